The summed E-state index contributed by atoms with van der Waals surface area (Å²) < 4.78 is 0. The zero-order chi connectivity index (χ0) is 19.2. The normalized spacial score (nSPS) is 21.5. The topological polar surface area (TPSA) is 43.9 Å². The van der Waals surface area contributed by atoms with Crippen LogP contribution >= 0.6 is 0 Å². The predicted molar refractivity (Wildman–Crippen MR) is 109 cm³/mol. The fraction of sp³-hybridized carbons (Fsp3) is 0.636. The minimum Gasteiger partial charge on any atom is -0.371 e. The molecule has 0 aromatic heterocycles. The molecule has 1 aromatic rings. The van der Waals surface area contributed by atoms with Gasteiger partial charge in [0.05, 0.1) is 0 Å². The van der Waals surface area contributed by atoms with E-state index >= 15 is 0 Å². The largest absolute Gasteiger partial charge is 0.371 e. The molecular formula is C22H33N3O2. The lowest BCUT2D eigenvalue weighted by Gasteiger charge is -2.41. The average molecular weight is 372 g/mol. The van der Waals surface area contributed by atoms with Gasteiger partial charge < -0.3 is 14.7 Å². The van der Waals surface area contributed by atoms with Crippen LogP contribution in [0.1, 0.15) is 48.9 Å². The standard InChI is InChI=1S/C22H33N3O2/c1-23(2)14-12-21-5-3-4-13-25(21)22(27)19-10-15-24(16-11-19)20-8-6-18(17-26)7-9-20/h6-9,17,19,21H,3-5,10-16H2,1-2H3/t21-/m1/s1. The smallest absolute Gasteiger partial charge is 0.226 e. The van der Waals surface area contributed by atoms with Gasteiger partial charge in [0.1, 0.15) is 6.29 Å². The molecule has 0 radical (unpaired) electrons. The Labute approximate surface area is 163 Å². The molecule has 0 saturated carbocycles. The molecule has 1 aromatic carbocycles. The Hall–Kier alpha value is -1.88. The Morgan fingerprint density at radius 3 is 2.41 bits per heavy atom. The van der Waals surface area contributed by atoms with Gasteiger partial charge in [0, 0.05) is 42.8 Å². The molecule has 0 aliphatic carbocycles. The number of nitrogens with zero attached hydrogens (tertiary/aromatic N) is 3. The van der Waals surface area contributed by atoms with Gasteiger partial charge in [0.2, 0.25) is 5.91 Å². The Morgan fingerprint density at radius 2 is 1.78 bits per heavy atom. The van der Waals surface area contributed by atoms with Crippen molar-refractivity contribution in [2.75, 3.05) is 45.2 Å². The van der Waals surface area contributed by atoms with E-state index in [1.165, 1.54) is 6.42 Å². The number of piperidine rings is 2. The van der Waals surface area contributed by atoms with E-state index < -0.39 is 0 Å². The number of hydrogen-bond donors (Lipinski definition) is 0. The van der Waals surface area contributed by atoms with Crippen LogP contribution in [0.25, 0.3) is 0 Å². The minimum atomic E-state index is 0.162. The van der Waals surface area contributed by atoms with Gasteiger partial charge in [-0.3, -0.25) is 9.59 Å². The van der Waals surface area contributed by atoms with Crippen LogP contribution in [0.3, 0.4) is 0 Å². The molecular weight excluding hydrogens is 338 g/mol. The maximum Gasteiger partial charge on any atom is 0.226 e. The summed E-state index contributed by atoms with van der Waals surface area (Å²) in [5.41, 5.74) is 1.85. The second kappa shape index (κ2) is 9.36. The van der Waals surface area contributed by atoms with Gasteiger partial charge in [-0.05, 0) is 83.4 Å². The highest BCUT2D eigenvalue weighted by Gasteiger charge is 2.33. The Morgan fingerprint density at radius 1 is 1.07 bits per heavy atom. The van der Waals surface area contributed by atoms with Crippen LogP contribution in [0, 0.1) is 5.92 Å². The van der Waals surface area contributed by atoms with Gasteiger partial charge in [-0.2, -0.15) is 0 Å². The predicted octanol–water partition coefficient (Wildman–Crippen LogP) is 3.05. The van der Waals surface area contributed by atoms with E-state index in [0.29, 0.717) is 17.5 Å². The van der Waals surface area contributed by atoms with Gasteiger partial charge in [-0.25, -0.2) is 0 Å². The van der Waals surface area contributed by atoms with Crippen molar-refractivity contribution in [1.82, 2.24) is 9.80 Å². The molecule has 2 saturated heterocycles. The molecule has 0 spiro atoms. The van der Waals surface area contributed by atoms with Crippen LogP contribution < -0.4 is 4.90 Å². The number of anilines is 1. The maximum absolute atomic E-state index is 13.2. The van der Waals surface area contributed by atoms with Crippen molar-refractivity contribution in [3.63, 3.8) is 0 Å². The highest BCUT2D eigenvalue weighted by Crippen LogP contribution is 2.28. The van der Waals surface area contributed by atoms with Crippen molar-refractivity contribution >= 4 is 17.9 Å². The van der Waals surface area contributed by atoms with Crippen molar-refractivity contribution in [3.8, 4) is 0 Å². The van der Waals surface area contributed by atoms with Gasteiger partial charge in [-0.1, -0.05) is 0 Å². The van der Waals surface area contributed by atoms with E-state index in [1.54, 1.807) is 0 Å². The monoisotopic (exact) mass is 371 g/mol. The molecule has 5 nitrogen and oxygen atoms in total. The van der Waals surface area contributed by atoms with Crippen LogP contribution in [-0.4, -0.2) is 68.3 Å². The lowest BCUT2D eigenvalue weighted by atomic mass is 9.91. The molecule has 1 amide bonds. The maximum atomic E-state index is 13.2. The summed E-state index contributed by atoms with van der Waals surface area (Å²) in [5, 5.41) is 0. The summed E-state index contributed by atoms with van der Waals surface area (Å²) >= 11 is 0. The molecule has 0 N–H and O–H groups in total. The number of rotatable bonds is 6. The molecule has 2 aliphatic rings. The summed E-state index contributed by atoms with van der Waals surface area (Å²) in [6, 6.07) is 8.16. The lowest BCUT2D eigenvalue weighted by Crippen LogP contribution is -2.49. The Balaban J connectivity index is 1.55. The second-order valence-electron chi connectivity index (χ2n) is 8.24. The first-order valence-electron chi connectivity index (χ1n) is 10.3. The van der Waals surface area contributed by atoms with Crippen LogP contribution in [0.15, 0.2) is 24.3 Å². The van der Waals surface area contributed by atoms with Gasteiger partial charge in [0.25, 0.3) is 0 Å². The lowest BCUT2D eigenvalue weighted by molar-refractivity contribution is -0.140. The third kappa shape index (κ3) is 5.10. The quantitative estimate of drug-likeness (QED) is 0.721. The van der Waals surface area contributed by atoms with Crippen molar-refractivity contribution in [2.24, 2.45) is 5.92 Å². The SMILES string of the molecule is CN(C)CC[C@H]1CCCCN1C(=O)C1CCN(c2ccc(C=O)cc2)CC1. The van der Waals surface area contributed by atoms with E-state index in [-0.39, 0.29) is 5.92 Å². The second-order valence-corrected chi connectivity index (χ2v) is 8.24. The molecule has 27 heavy (non-hydrogen) atoms. The van der Waals surface area contributed by atoms with Crippen molar-refractivity contribution in [3.05, 3.63) is 29.8 Å². The molecule has 1 atom stereocenters. The summed E-state index contributed by atoms with van der Waals surface area (Å²) in [6.07, 6.45) is 7.35. The average Bonchev–Trinajstić information content (AvgIpc) is 2.72. The zero-order valence-corrected chi connectivity index (χ0v) is 16.8. The Kier molecular flexibility index (Phi) is 6.89. The molecule has 3 rings (SSSR count). The summed E-state index contributed by atoms with van der Waals surface area (Å²) in [6.45, 7) is 3.80. The van der Waals surface area contributed by atoms with E-state index in [2.05, 4.69) is 28.8 Å². The van der Waals surface area contributed by atoms with Crippen LogP contribution in [0.2, 0.25) is 0 Å². The highest BCUT2D eigenvalue weighted by atomic mass is 16.2. The van der Waals surface area contributed by atoms with Gasteiger partial charge >= 0.3 is 0 Å². The van der Waals surface area contributed by atoms with Crippen molar-refractivity contribution < 1.29 is 9.59 Å². The number of amides is 1. The number of carbonyl (C=O) groups is 2. The number of carbonyl (C=O) groups excluding carboxylic acids is 2. The molecule has 2 fully saturated rings. The van der Waals surface area contributed by atoms with Crippen molar-refractivity contribution in [2.45, 2.75) is 44.6 Å². The fourth-order valence-electron chi connectivity index (χ4n) is 4.38. The third-order valence-electron chi connectivity index (χ3n) is 6.06. The number of benzene rings is 1. The summed E-state index contributed by atoms with van der Waals surface area (Å²) in [7, 11) is 4.21. The zero-order valence-electron chi connectivity index (χ0n) is 16.8. The van der Waals surface area contributed by atoms with E-state index in [4.69, 9.17) is 0 Å². The number of aldehydes is 1. The van der Waals surface area contributed by atoms with E-state index in [9.17, 15) is 9.59 Å². The van der Waals surface area contributed by atoms with Crippen LogP contribution in [-0.2, 0) is 4.79 Å². The molecule has 5 heteroatoms. The van der Waals surface area contributed by atoms with E-state index in [1.807, 2.05) is 24.3 Å². The molecule has 2 aliphatic heterocycles. The first-order valence-corrected chi connectivity index (χ1v) is 10.3. The highest BCUT2D eigenvalue weighted by molar-refractivity contribution is 5.80. The first-order chi connectivity index (χ1) is 13.1. The summed E-state index contributed by atoms with van der Waals surface area (Å²) in [4.78, 5) is 30.8. The molecule has 0 bridgehead atoms. The molecule has 148 valence electrons. The summed E-state index contributed by atoms with van der Waals surface area (Å²) in [5.74, 6) is 0.546. The van der Waals surface area contributed by atoms with E-state index in [0.717, 1.165) is 70.3 Å². The fourth-order valence-corrected chi connectivity index (χ4v) is 4.38. The molecule has 2 heterocycles. The minimum absolute atomic E-state index is 0.162. The van der Waals surface area contributed by atoms with Gasteiger partial charge in [-0.15, -0.1) is 0 Å². The van der Waals surface area contributed by atoms with Gasteiger partial charge in [0.15, 0.2) is 0 Å². The third-order valence-corrected chi connectivity index (χ3v) is 6.06. The van der Waals surface area contributed by atoms with Crippen LogP contribution in [0.4, 0.5) is 5.69 Å². The van der Waals surface area contributed by atoms with Crippen LogP contribution in [0.5, 0.6) is 0 Å². The first kappa shape index (κ1) is 19.9. The number of likely N-dealkylation sites (tertiary alicyclic amines) is 1. The number of hydrogen-bond acceptors (Lipinski definition) is 4. The van der Waals surface area contributed by atoms with Crippen molar-refractivity contribution in [1.29, 1.82) is 0 Å². The molecule has 0 unspecified atom stereocenters. The Bertz CT molecular complexity index is 621.